The lowest BCUT2D eigenvalue weighted by molar-refractivity contribution is -0.144. The topological polar surface area (TPSA) is 98.5 Å². The second-order valence-corrected chi connectivity index (χ2v) is 7.69. The van der Waals surface area contributed by atoms with E-state index in [9.17, 15) is 13.2 Å². The van der Waals surface area contributed by atoms with Crippen molar-refractivity contribution in [3.05, 3.63) is 17.0 Å². The summed E-state index contributed by atoms with van der Waals surface area (Å²) in [4.78, 5) is 11.1. The molecule has 0 spiro atoms. The summed E-state index contributed by atoms with van der Waals surface area (Å²) in [6.45, 7) is 2.01. The Hall–Kier alpha value is -1.43. The minimum absolute atomic E-state index is 0.130. The maximum absolute atomic E-state index is 12.2. The highest BCUT2D eigenvalue weighted by Gasteiger charge is 2.41. The third kappa shape index (κ3) is 2.49. The zero-order chi connectivity index (χ0) is 14.2. The highest BCUT2D eigenvalue weighted by Crippen LogP contribution is 2.32. The summed E-state index contributed by atoms with van der Waals surface area (Å²) in [7, 11) is -3.58. The van der Waals surface area contributed by atoms with Gasteiger partial charge in [-0.25, -0.2) is 8.42 Å². The van der Waals surface area contributed by atoms with Crippen molar-refractivity contribution in [3.63, 3.8) is 0 Å². The number of hydrogen-bond acceptors (Lipinski definition) is 5. The minimum atomic E-state index is -3.58. The van der Waals surface area contributed by atoms with Crippen molar-refractivity contribution in [1.82, 2.24) is 4.31 Å². The second kappa shape index (κ2) is 4.92. The van der Waals surface area contributed by atoms with E-state index in [-0.39, 0.29) is 23.2 Å². The number of carboxylic acid groups (broad SMARTS) is 1. The molecule has 0 amide bonds. The lowest BCUT2D eigenvalue weighted by atomic mass is 9.89. The molecule has 0 aliphatic carbocycles. The van der Waals surface area contributed by atoms with Gasteiger partial charge < -0.3 is 5.11 Å². The van der Waals surface area contributed by atoms with Crippen LogP contribution in [0.2, 0.25) is 0 Å². The summed E-state index contributed by atoms with van der Waals surface area (Å²) in [5.41, 5.74) is 0. The molecule has 2 rings (SSSR count). The summed E-state index contributed by atoms with van der Waals surface area (Å²) >= 11 is 0.926. The average molecular weight is 300 g/mol. The summed E-state index contributed by atoms with van der Waals surface area (Å²) < 4.78 is 25.7. The molecule has 0 aromatic carbocycles. The molecule has 0 saturated carbocycles. The molecular formula is C11H12N2O4S2. The molecule has 2 heterocycles. The number of hydrogen-bond donors (Lipinski definition) is 1. The number of carbonyl (C=O) groups is 1. The highest BCUT2D eigenvalue weighted by atomic mass is 32.2. The molecule has 1 saturated heterocycles. The second-order valence-electron chi connectivity index (χ2n) is 4.44. The van der Waals surface area contributed by atoms with Gasteiger partial charge >= 0.3 is 5.97 Å². The van der Waals surface area contributed by atoms with Crippen LogP contribution in [-0.2, 0) is 14.8 Å². The Morgan fingerprint density at radius 3 is 2.68 bits per heavy atom. The number of nitriles is 1. The standard InChI is InChI=1S/C11H12N2O4S2/c1-7(11(14)15)8-5-13(6-8)19(16,17)10-3-2-9(4-12)18-10/h2-3,7-8H,5-6H2,1H3,(H,14,15). The Labute approximate surface area is 114 Å². The number of thiophene rings is 1. The molecule has 0 radical (unpaired) electrons. The van der Waals surface area contributed by atoms with Crippen molar-refractivity contribution in [2.45, 2.75) is 11.1 Å². The molecule has 1 N–H and O–H groups in total. The van der Waals surface area contributed by atoms with Gasteiger partial charge in [-0.1, -0.05) is 6.92 Å². The van der Waals surface area contributed by atoms with Gasteiger partial charge in [0, 0.05) is 13.1 Å². The maximum Gasteiger partial charge on any atom is 0.306 e. The molecule has 1 fully saturated rings. The first-order valence-electron chi connectivity index (χ1n) is 5.59. The first-order chi connectivity index (χ1) is 8.86. The number of rotatable bonds is 4. The zero-order valence-electron chi connectivity index (χ0n) is 10.1. The van der Waals surface area contributed by atoms with Crippen molar-refractivity contribution >= 4 is 27.3 Å². The van der Waals surface area contributed by atoms with Gasteiger partial charge in [0.2, 0.25) is 0 Å². The predicted octanol–water partition coefficient (Wildman–Crippen LogP) is 0.961. The molecule has 102 valence electrons. The van der Waals surface area contributed by atoms with Gasteiger partial charge in [-0.05, 0) is 18.1 Å². The van der Waals surface area contributed by atoms with E-state index in [0.717, 1.165) is 11.3 Å². The van der Waals surface area contributed by atoms with Crippen LogP contribution in [0.5, 0.6) is 0 Å². The molecule has 1 aliphatic rings. The molecule has 1 aliphatic heterocycles. The van der Waals surface area contributed by atoms with Crippen molar-refractivity contribution < 1.29 is 18.3 Å². The Kier molecular flexibility index (Phi) is 3.62. The molecule has 8 heteroatoms. The third-order valence-corrected chi connectivity index (χ3v) is 6.55. The smallest absolute Gasteiger partial charge is 0.306 e. The highest BCUT2D eigenvalue weighted by molar-refractivity contribution is 7.91. The fourth-order valence-corrected chi connectivity index (χ4v) is 4.64. The van der Waals surface area contributed by atoms with Crippen LogP contribution < -0.4 is 0 Å². The Balaban J connectivity index is 2.08. The van der Waals surface area contributed by atoms with E-state index < -0.39 is 21.9 Å². The molecule has 1 unspecified atom stereocenters. The van der Waals surface area contributed by atoms with E-state index in [4.69, 9.17) is 10.4 Å². The zero-order valence-corrected chi connectivity index (χ0v) is 11.7. The van der Waals surface area contributed by atoms with Crippen LogP contribution in [0.4, 0.5) is 0 Å². The first kappa shape index (κ1) is 14.0. The summed E-state index contributed by atoms with van der Waals surface area (Å²) in [5.74, 6) is -1.61. The van der Waals surface area contributed by atoms with E-state index >= 15 is 0 Å². The number of nitrogens with zero attached hydrogens (tertiary/aromatic N) is 2. The van der Waals surface area contributed by atoms with Gasteiger partial charge in [0.1, 0.15) is 15.2 Å². The van der Waals surface area contributed by atoms with Gasteiger partial charge in [0.25, 0.3) is 10.0 Å². The predicted molar refractivity (Wildman–Crippen MR) is 68.1 cm³/mol. The number of carboxylic acids is 1. The molecular weight excluding hydrogens is 288 g/mol. The van der Waals surface area contributed by atoms with Crippen LogP contribution in [0.3, 0.4) is 0 Å². The van der Waals surface area contributed by atoms with Crippen LogP contribution >= 0.6 is 11.3 Å². The van der Waals surface area contributed by atoms with Gasteiger partial charge in [0.05, 0.1) is 5.92 Å². The van der Waals surface area contributed by atoms with Crippen LogP contribution in [0, 0.1) is 23.2 Å². The van der Waals surface area contributed by atoms with Crippen molar-refractivity contribution in [3.8, 4) is 6.07 Å². The summed E-state index contributed by atoms with van der Waals surface area (Å²) in [5, 5.41) is 17.5. The van der Waals surface area contributed by atoms with E-state index in [2.05, 4.69) is 0 Å². The maximum atomic E-state index is 12.2. The Bertz CT molecular complexity index is 638. The number of aliphatic carboxylic acids is 1. The quantitative estimate of drug-likeness (QED) is 0.893. The summed E-state index contributed by atoms with van der Waals surface area (Å²) in [6, 6.07) is 4.77. The number of sulfonamides is 1. The van der Waals surface area contributed by atoms with Gasteiger partial charge in [-0.15, -0.1) is 11.3 Å². The van der Waals surface area contributed by atoms with E-state index in [1.165, 1.54) is 16.4 Å². The van der Waals surface area contributed by atoms with Gasteiger partial charge in [-0.3, -0.25) is 4.79 Å². The van der Waals surface area contributed by atoms with Crippen LogP contribution in [-0.4, -0.2) is 36.9 Å². The fraction of sp³-hybridized carbons (Fsp3) is 0.455. The monoisotopic (exact) mass is 300 g/mol. The molecule has 1 aromatic heterocycles. The SMILES string of the molecule is CC(C(=O)O)C1CN(S(=O)(=O)c2ccc(C#N)s2)C1. The van der Waals surface area contributed by atoms with Crippen molar-refractivity contribution in [2.24, 2.45) is 11.8 Å². The Morgan fingerprint density at radius 2 is 2.21 bits per heavy atom. The van der Waals surface area contributed by atoms with Gasteiger partial charge in [0.15, 0.2) is 0 Å². The molecule has 0 bridgehead atoms. The van der Waals surface area contributed by atoms with Crippen molar-refractivity contribution in [1.29, 1.82) is 5.26 Å². The Morgan fingerprint density at radius 1 is 1.58 bits per heavy atom. The average Bonchev–Trinajstić information content (AvgIpc) is 2.75. The van der Waals surface area contributed by atoms with Gasteiger partial charge in [-0.2, -0.15) is 9.57 Å². The largest absolute Gasteiger partial charge is 0.481 e. The van der Waals surface area contributed by atoms with E-state index in [0.29, 0.717) is 4.88 Å². The third-order valence-electron chi connectivity index (χ3n) is 3.26. The lowest BCUT2D eigenvalue weighted by Gasteiger charge is -2.39. The van der Waals surface area contributed by atoms with E-state index in [1.54, 1.807) is 6.92 Å². The fourth-order valence-electron chi connectivity index (χ4n) is 1.83. The molecule has 19 heavy (non-hydrogen) atoms. The normalized spacial score (nSPS) is 18.5. The van der Waals surface area contributed by atoms with Crippen LogP contribution in [0.25, 0.3) is 0 Å². The minimum Gasteiger partial charge on any atom is -0.481 e. The first-order valence-corrected chi connectivity index (χ1v) is 7.85. The lowest BCUT2D eigenvalue weighted by Crippen LogP contribution is -2.53. The van der Waals surface area contributed by atoms with Crippen LogP contribution in [0.1, 0.15) is 11.8 Å². The molecule has 1 atom stereocenters. The van der Waals surface area contributed by atoms with Crippen LogP contribution in [0.15, 0.2) is 16.3 Å². The van der Waals surface area contributed by atoms with E-state index in [1.807, 2.05) is 6.07 Å². The molecule has 6 nitrogen and oxygen atoms in total. The summed E-state index contributed by atoms with van der Waals surface area (Å²) in [6.07, 6.45) is 0. The van der Waals surface area contributed by atoms with Crippen molar-refractivity contribution in [2.75, 3.05) is 13.1 Å². The molecule has 1 aromatic rings.